The van der Waals surface area contributed by atoms with Crippen LogP contribution in [0.15, 0.2) is 16.6 Å². The predicted octanol–water partition coefficient (Wildman–Crippen LogP) is 3.45. The first-order chi connectivity index (χ1) is 5.54. The molecule has 0 unspecified atom stereocenters. The maximum absolute atomic E-state index is 10.6. The topological polar surface area (TPSA) is 37.3 Å². The maximum atomic E-state index is 10.6. The Morgan fingerprint density at radius 3 is 2.42 bits per heavy atom. The van der Waals surface area contributed by atoms with Gasteiger partial charge in [0, 0.05) is 4.47 Å². The monoisotopic (exact) mass is 268 g/mol. The van der Waals surface area contributed by atoms with Gasteiger partial charge in [-0.3, -0.25) is 0 Å². The molecule has 0 aromatic heterocycles. The fourth-order valence-corrected chi connectivity index (χ4v) is 1.59. The molecule has 0 aliphatic carbocycles. The summed E-state index contributed by atoms with van der Waals surface area (Å²) in [5, 5.41) is 8.94. The van der Waals surface area contributed by atoms with Crippen LogP contribution in [0.4, 0.5) is 0 Å². The Kier molecular flexibility index (Phi) is 2.99. The van der Waals surface area contributed by atoms with Crippen LogP contribution in [-0.2, 0) is 0 Å². The number of carboxylic acids is 1. The minimum absolute atomic E-state index is 0.0762. The smallest absolute Gasteiger partial charge is 0.338 e. The van der Waals surface area contributed by atoms with Gasteiger partial charge in [0.15, 0.2) is 0 Å². The van der Waals surface area contributed by atoms with Crippen molar-refractivity contribution < 1.29 is 9.90 Å². The summed E-state index contributed by atoms with van der Waals surface area (Å²) in [6, 6.07) is 3.07. The predicted molar refractivity (Wildman–Crippen MR) is 51.1 cm³/mol. The van der Waals surface area contributed by atoms with Gasteiger partial charge in [0.1, 0.15) is 0 Å². The van der Waals surface area contributed by atoms with Gasteiger partial charge in [-0.25, -0.2) is 4.79 Å². The van der Waals surface area contributed by atoms with Gasteiger partial charge in [-0.15, -0.1) is 0 Å². The van der Waals surface area contributed by atoms with E-state index >= 15 is 0 Å². The summed E-state index contributed by atoms with van der Waals surface area (Å²) in [6.07, 6.45) is 0. The van der Waals surface area contributed by atoms with E-state index in [-0.39, 0.29) is 15.6 Å². The molecule has 1 aromatic carbocycles. The molecule has 0 saturated carbocycles. The molecule has 0 aliphatic rings. The molecule has 0 amide bonds. The van der Waals surface area contributed by atoms with Crippen molar-refractivity contribution in [2.24, 2.45) is 0 Å². The Labute approximate surface area is 87.2 Å². The minimum Gasteiger partial charge on any atom is -0.478 e. The highest BCUT2D eigenvalue weighted by atomic mass is 79.9. The second kappa shape index (κ2) is 3.64. The number of rotatable bonds is 1. The van der Waals surface area contributed by atoms with Crippen LogP contribution in [0.3, 0.4) is 0 Å². The van der Waals surface area contributed by atoms with Crippen LogP contribution in [0, 0.1) is 0 Å². The van der Waals surface area contributed by atoms with E-state index in [1.54, 1.807) is 6.07 Å². The van der Waals surface area contributed by atoms with E-state index in [1.165, 1.54) is 6.07 Å². The van der Waals surface area contributed by atoms with E-state index in [2.05, 4.69) is 15.9 Å². The number of aromatic carboxylic acids is 1. The highest BCUT2D eigenvalue weighted by Crippen LogP contribution is 2.31. The largest absolute Gasteiger partial charge is 0.478 e. The zero-order valence-corrected chi connectivity index (χ0v) is 8.74. The number of benzene rings is 1. The molecule has 64 valence electrons. The second-order valence-electron chi connectivity index (χ2n) is 2.02. The molecule has 2 nitrogen and oxygen atoms in total. The van der Waals surface area contributed by atoms with E-state index in [0.29, 0.717) is 4.47 Å². The van der Waals surface area contributed by atoms with E-state index in [9.17, 15) is 4.79 Å². The first-order valence-electron chi connectivity index (χ1n) is 2.91. The van der Waals surface area contributed by atoms with Gasteiger partial charge >= 0.3 is 5.97 Å². The quantitative estimate of drug-likeness (QED) is 0.793. The fourth-order valence-electron chi connectivity index (χ4n) is 0.723. The lowest BCUT2D eigenvalue weighted by Crippen LogP contribution is -1.98. The van der Waals surface area contributed by atoms with E-state index in [0.717, 1.165) is 0 Å². The third-order valence-electron chi connectivity index (χ3n) is 1.26. The number of hydrogen-bond acceptors (Lipinski definition) is 1. The molecule has 1 rings (SSSR count). The summed E-state index contributed by atoms with van der Waals surface area (Å²) in [4.78, 5) is 10.6. The molecule has 0 fully saturated rings. The molecule has 0 aliphatic heterocycles. The van der Waals surface area contributed by atoms with Crippen LogP contribution in [0.2, 0.25) is 10.0 Å². The van der Waals surface area contributed by atoms with Gasteiger partial charge in [0.2, 0.25) is 0 Å². The van der Waals surface area contributed by atoms with Crippen molar-refractivity contribution in [2.75, 3.05) is 0 Å². The van der Waals surface area contributed by atoms with Crippen molar-refractivity contribution in [3.63, 3.8) is 0 Å². The van der Waals surface area contributed by atoms with Crippen molar-refractivity contribution in [1.29, 1.82) is 0 Å². The number of carbonyl (C=O) groups is 1. The Balaban J connectivity index is 3.43. The summed E-state index contributed by atoms with van der Waals surface area (Å²) < 4.78 is 0.519. The molecule has 0 radical (unpaired) electrons. The normalized spacial score (nSPS) is 9.92. The molecular weight excluding hydrogens is 267 g/mol. The Bertz CT molecular complexity index is 338. The molecule has 1 N–H and O–H groups in total. The molecule has 0 atom stereocenters. The van der Waals surface area contributed by atoms with Crippen LogP contribution in [0.1, 0.15) is 10.4 Å². The Hall–Kier alpha value is -0.250. The van der Waals surface area contributed by atoms with Gasteiger partial charge in [-0.2, -0.15) is 0 Å². The first-order valence-corrected chi connectivity index (χ1v) is 4.45. The van der Waals surface area contributed by atoms with Gasteiger partial charge < -0.3 is 5.11 Å². The third-order valence-corrected chi connectivity index (χ3v) is 2.85. The van der Waals surface area contributed by atoms with Crippen molar-refractivity contribution in [2.45, 2.75) is 0 Å². The van der Waals surface area contributed by atoms with Gasteiger partial charge in [0.25, 0.3) is 0 Å². The van der Waals surface area contributed by atoms with Crippen molar-refractivity contribution in [3.8, 4) is 0 Å². The standard InChI is InChI=1S/C7H3BrCl2O2/c8-3-1-2-4(9)5(6(3)10)7(11)12/h1-2H,(H,11,12). The van der Waals surface area contributed by atoms with Gasteiger partial charge in [-0.05, 0) is 28.1 Å². The summed E-state index contributed by atoms with van der Waals surface area (Å²) in [5.41, 5.74) is -0.0762. The van der Waals surface area contributed by atoms with Crippen LogP contribution < -0.4 is 0 Å². The van der Waals surface area contributed by atoms with Crippen molar-refractivity contribution >= 4 is 45.1 Å². The number of hydrogen-bond donors (Lipinski definition) is 1. The van der Waals surface area contributed by atoms with Crippen LogP contribution in [-0.4, -0.2) is 11.1 Å². The maximum Gasteiger partial charge on any atom is 0.338 e. The Morgan fingerprint density at radius 2 is 2.00 bits per heavy atom. The zero-order chi connectivity index (χ0) is 9.30. The lowest BCUT2D eigenvalue weighted by Gasteiger charge is -2.02. The summed E-state index contributed by atoms with van der Waals surface area (Å²) in [7, 11) is 0. The average Bonchev–Trinajstić information content (AvgIpc) is 1.97. The first kappa shape index (κ1) is 9.84. The average molecular weight is 270 g/mol. The van der Waals surface area contributed by atoms with Gasteiger partial charge in [-0.1, -0.05) is 23.2 Å². The summed E-state index contributed by atoms with van der Waals surface area (Å²) in [5.74, 6) is -1.13. The third kappa shape index (κ3) is 1.73. The van der Waals surface area contributed by atoms with Gasteiger partial charge in [0.05, 0.1) is 15.6 Å². The molecule has 0 spiro atoms. The molecule has 1 aromatic rings. The molecule has 0 heterocycles. The van der Waals surface area contributed by atoms with Crippen molar-refractivity contribution in [1.82, 2.24) is 0 Å². The molecule has 12 heavy (non-hydrogen) atoms. The lowest BCUT2D eigenvalue weighted by molar-refractivity contribution is 0.0697. The van der Waals surface area contributed by atoms with E-state index in [1.807, 2.05) is 0 Å². The highest BCUT2D eigenvalue weighted by Gasteiger charge is 2.15. The molecule has 5 heteroatoms. The second-order valence-corrected chi connectivity index (χ2v) is 3.66. The lowest BCUT2D eigenvalue weighted by atomic mass is 10.2. The summed E-state index contributed by atoms with van der Waals surface area (Å²) >= 11 is 14.4. The van der Waals surface area contributed by atoms with Crippen LogP contribution >= 0.6 is 39.1 Å². The zero-order valence-electron chi connectivity index (χ0n) is 5.64. The Morgan fingerprint density at radius 1 is 1.42 bits per heavy atom. The molecule has 0 saturated heterocycles. The SMILES string of the molecule is O=C(O)c1c(Cl)ccc(Br)c1Cl. The highest BCUT2D eigenvalue weighted by molar-refractivity contribution is 9.10. The van der Waals surface area contributed by atoms with E-state index in [4.69, 9.17) is 28.3 Å². The molecule has 0 bridgehead atoms. The van der Waals surface area contributed by atoms with Crippen LogP contribution in [0.5, 0.6) is 0 Å². The van der Waals surface area contributed by atoms with Crippen molar-refractivity contribution in [3.05, 3.63) is 32.2 Å². The molecular formula is C7H3BrCl2O2. The number of halogens is 3. The summed E-state index contributed by atoms with van der Waals surface area (Å²) in [6.45, 7) is 0. The van der Waals surface area contributed by atoms with E-state index < -0.39 is 5.97 Å². The minimum atomic E-state index is -1.13. The number of carboxylic acid groups (broad SMARTS) is 1. The van der Waals surface area contributed by atoms with Crippen LogP contribution in [0.25, 0.3) is 0 Å². The fraction of sp³-hybridized carbons (Fsp3) is 0.